The van der Waals surface area contributed by atoms with E-state index in [-0.39, 0.29) is 12.7 Å². The van der Waals surface area contributed by atoms with Crippen molar-refractivity contribution in [2.75, 3.05) is 26.3 Å². The van der Waals surface area contributed by atoms with E-state index in [1.54, 1.807) is 38.5 Å². The van der Waals surface area contributed by atoms with Crippen molar-refractivity contribution in [3.63, 3.8) is 0 Å². The maximum Gasteiger partial charge on any atom is 0.234 e. The standard InChI is InChI=1S/C19H21NO5/c1-19(2,12-5-7-14(22-3)16(9-12)23-4)18(21)20-13-6-8-15-17(10-13)25-11-24-15/h5-10H,11H2,1-4H3,(H,20,21). The van der Waals surface area contributed by atoms with Crippen LogP contribution in [0.15, 0.2) is 36.4 Å². The Morgan fingerprint density at radius 2 is 1.72 bits per heavy atom. The third-order valence-electron chi connectivity index (χ3n) is 4.30. The molecule has 0 atom stereocenters. The fourth-order valence-corrected chi connectivity index (χ4v) is 2.62. The number of ether oxygens (including phenoxy) is 4. The first-order valence-electron chi connectivity index (χ1n) is 7.89. The van der Waals surface area contributed by atoms with Gasteiger partial charge < -0.3 is 24.3 Å². The summed E-state index contributed by atoms with van der Waals surface area (Å²) in [5.74, 6) is 2.37. The highest BCUT2D eigenvalue weighted by Gasteiger charge is 2.31. The van der Waals surface area contributed by atoms with E-state index in [9.17, 15) is 4.79 Å². The first-order valence-corrected chi connectivity index (χ1v) is 7.89. The van der Waals surface area contributed by atoms with E-state index in [0.29, 0.717) is 28.7 Å². The molecule has 0 unspecified atom stereocenters. The lowest BCUT2D eigenvalue weighted by molar-refractivity contribution is -0.120. The summed E-state index contributed by atoms with van der Waals surface area (Å²) in [6.45, 7) is 3.91. The van der Waals surface area contributed by atoms with Crippen molar-refractivity contribution in [1.82, 2.24) is 0 Å². The molecule has 0 bridgehead atoms. The van der Waals surface area contributed by atoms with Crippen LogP contribution in [0.4, 0.5) is 5.69 Å². The van der Waals surface area contributed by atoms with Gasteiger partial charge in [0.05, 0.1) is 19.6 Å². The maximum absolute atomic E-state index is 12.8. The van der Waals surface area contributed by atoms with Gasteiger partial charge in [0.2, 0.25) is 12.7 Å². The molecular formula is C19H21NO5. The van der Waals surface area contributed by atoms with E-state index in [1.807, 2.05) is 26.0 Å². The third kappa shape index (κ3) is 3.20. The van der Waals surface area contributed by atoms with Crippen molar-refractivity contribution in [3.05, 3.63) is 42.0 Å². The Balaban J connectivity index is 1.83. The molecule has 132 valence electrons. The fourth-order valence-electron chi connectivity index (χ4n) is 2.62. The van der Waals surface area contributed by atoms with Crippen LogP contribution in [0.1, 0.15) is 19.4 Å². The van der Waals surface area contributed by atoms with E-state index in [0.717, 1.165) is 5.56 Å². The Hall–Kier alpha value is -2.89. The molecule has 1 aliphatic rings. The minimum atomic E-state index is -0.768. The van der Waals surface area contributed by atoms with Gasteiger partial charge in [-0.3, -0.25) is 4.79 Å². The van der Waals surface area contributed by atoms with Gasteiger partial charge in [0.1, 0.15) is 0 Å². The van der Waals surface area contributed by atoms with E-state index in [1.165, 1.54) is 0 Å². The summed E-state index contributed by atoms with van der Waals surface area (Å²) in [7, 11) is 3.15. The minimum absolute atomic E-state index is 0.140. The summed E-state index contributed by atoms with van der Waals surface area (Å²) >= 11 is 0. The molecule has 0 saturated carbocycles. The number of anilines is 1. The molecule has 1 heterocycles. The van der Waals surface area contributed by atoms with E-state index in [2.05, 4.69) is 5.32 Å². The van der Waals surface area contributed by atoms with E-state index in [4.69, 9.17) is 18.9 Å². The van der Waals surface area contributed by atoms with Crippen molar-refractivity contribution in [2.24, 2.45) is 0 Å². The molecule has 0 saturated heterocycles. The second kappa shape index (κ2) is 6.55. The van der Waals surface area contributed by atoms with Crippen LogP contribution >= 0.6 is 0 Å². The van der Waals surface area contributed by atoms with Crippen LogP contribution in [-0.2, 0) is 10.2 Å². The van der Waals surface area contributed by atoms with Gasteiger partial charge in [-0.15, -0.1) is 0 Å². The Labute approximate surface area is 146 Å². The summed E-state index contributed by atoms with van der Waals surface area (Å²) in [5, 5.41) is 2.93. The lowest BCUT2D eigenvalue weighted by Gasteiger charge is -2.25. The molecule has 6 nitrogen and oxygen atoms in total. The highest BCUT2D eigenvalue weighted by Crippen LogP contribution is 2.36. The number of carbonyl (C=O) groups is 1. The molecule has 0 radical (unpaired) electrons. The average Bonchev–Trinajstić information content (AvgIpc) is 3.08. The molecule has 6 heteroatoms. The summed E-state index contributed by atoms with van der Waals surface area (Å²) in [5.41, 5.74) is 0.710. The fraction of sp³-hybridized carbons (Fsp3) is 0.316. The van der Waals surface area contributed by atoms with Crippen molar-refractivity contribution in [2.45, 2.75) is 19.3 Å². The molecule has 1 N–H and O–H groups in total. The first kappa shape index (κ1) is 17.0. The number of methoxy groups -OCH3 is 2. The number of carbonyl (C=O) groups excluding carboxylic acids is 1. The van der Waals surface area contributed by atoms with E-state index >= 15 is 0 Å². The summed E-state index contributed by atoms with van der Waals surface area (Å²) in [6, 6.07) is 10.8. The zero-order valence-corrected chi connectivity index (χ0v) is 14.7. The van der Waals surface area contributed by atoms with Crippen LogP contribution in [-0.4, -0.2) is 26.9 Å². The topological polar surface area (TPSA) is 66.0 Å². The lowest BCUT2D eigenvalue weighted by atomic mass is 9.83. The van der Waals surface area contributed by atoms with Gasteiger partial charge in [-0.05, 0) is 43.7 Å². The van der Waals surface area contributed by atoms with Crippen molar-refractivity contribution < 1.29 is 23.7 Å². The normalized spacial score (nSPS) is 12.6. The van der Waals surface area contributed by atoms with E-state index < -0.39 is 5.41 Å². The average molecular weight is 343 g/mol. The smallest absolute Gasteiger partial charge is 0.234 e. The second-order valence-corrected chi connectivity index (χ2v) is 6.22. The van der Waals surface area contributed by atoms with Gasteiger partial charge in [-0.1, -0.05) is 6.07 Å². The van der Waals surface area contributed by atoms with Crippen molar-refractivity contribution in [3.8, 4) is 23.0 Å². The predicted octanol–water partition coefficient (Wildman–Crippen LogP) is 3.35. The van der Waals surface area contributed by atoms with Crippen LogP contribution in [0.25, 0.3) is 0 Å². The SMILES string of the molecule is COc1ccc(C(C)(C)C(=O)Nc2ccc3c(c2)OCO3)cc1OC. The lowest BCUT2D eigenvalue weighted by Crippen LogP contribution is -2.34. The molecule has 2 aromatic carbocycles. The molecule has 0 fully saturated rings. The third-order valence-corrected chi connectivity index (χ3v) is 4.30. The second-order valence-electron chi connectivity index (χ2n) is 6.22. The zero-order chi connectivity index (χ0) is 18.0. The number of benzene rings is 2. The van der Waals surface area contributed by atoms with Crippen molar-refractivity contribution >= 4 is 11.6 Å². The molecule has 1 aliphatic heterocycles. The Morgan fingerprint density at radius 1 is 1.00 bits per heavy atom. The predicted molar refractivity (Wildman–Crippen MR) is 93.8 cm³/mol. The number of hydrogen-bond acceptors (Lipinski definition) is 5. The largest absolute Gasteiger partial charge is 0.493 e. The molecule has 0 aromatic heterocycles. The summed E-state index contributed by atoms with van der Waals surface area (Å²) in [6.07, 6.45) is 0. The first-order chi connectivity index (χ1) is 12.0. The highest BCUT2D eigenvalue weighted by atomic mass is 16.7. The summed E-state index contributed by atoms with van der Waals surface area (Å²) in [4.78, 5) is 12.8. The van der Waals surface area contributed by atoms with Crippen LogP contribution in [0.5, 0.6) is 23.0 Å². The van der Waals surface area contributed by atoms with Crippen LogP contribution in [0.3, 0.4) is 0 Å². The van der Waals surface area contributed by atoms with Gasteiger partial charge >= 0.3 is 0 Å². The Bertz CT molecular complexity index is 800. The molecular weight excluding hydrogens is 322 g/mol. The quantitative estimate of drug-likeness (QED) is 0.902. The molecule has 3 rings (SSSR count). The van der Waals surface area contributed by atoms with Crippen molar-refractivity contribution in [1.29, 1.82) is 0 Å². The number of nitrogens with one attached hydrogen (secondary N) is 1. The molecule has 0 aliphatic carbocycles. The molecule has 0 spiro atoms. The number of fused-ring (bicyclic) bond motifs is 1. The Kier molecular flexibility index (Phi) is 4.44. The zero-order valence-electron chi connectivity index (χ0n) is 14.7. The van der Waals surface area contributed by atoms with Gasteiger partial charge in [0.25, 0.3) is 0 Å². The molecule has 1 amide bonds. The Morgan fingerprint density at radius 3 is 2.44 bits per heavy atom. The number of hydrogen-bond donors (Lipinski definition) is 1. The molecule has 25 heavy (non-hydrogen) atoms. The minimum Gasteiger partial charge on any atom is -0.493 e. The van der Waals surface area contributed by atoms with Crippen LogP contribution in [0.2, 0.25) is 0 Å². The van der Waals surface area contributed by atoms with Crippen LogP contribution in [0, 0.1) is 0 Å². The van der Waals surface area contributed by atoms with Gasteiger partial charge in [-0.2, -0.15) is 0 Å². The monoisotopic (exact) mass is 343 g/mol. The highest BCUT2D eigenvalue weighted by molar-refractivity contribution is 5.98. The van der Waals surface area contributed by atoms with Crippen LogP contribution < -0.4 is 24.3 Å². The molecule has 2 aromatic rings. The maximum atomic E-state index is 12.8. The van der Waals surface area contributed by atoms with Gasteiger partial charge in [-0.25, -0.2) is 0 Å². The van der Waals surface area contributed by atoms with Gasteiger partial charge in [0.15, 0.2) is 23.0 Å². The summed E-state index contributed by atoms with van der Waals surface area (Å²) < 4.78 is 21.2. The number of amides is 1. The number of rotatable bonds is 5. The van der Waals surface area contributed by atoms with Gasteiger partial charge in [0, 0.05) is 11.8 Å².